The highest BCUT2D eigenvalue weighted by atomic mass is 15.0. The largest absolute Gasteiger partial charge is 0.309 e. The normalized spacial score (nSPS) is 12.2. The van der Waals surface area contributed by atoms with E-state index in [4.69, 9.17) is 0 Å². The van der Waals surface area contributed by atoms with Gasteiger partial charge in [0.2, 0.25) is 0 Å². The van der Waals surface area contributed by atoms with E-state index in [1.807, 2.05) is 0 Å². The van der Waals surface area contributed by atoms with Gasteiger partial charge < -0.3 is 9.13 Å². The molecular weight excluding hydrogens is 460 g/mol. The maximum Gasteiger partial charge on any atom is 0.0547 e. The van der Waals surface area contributed by atoms with Crippen LogP contribution in [0.3, 0.4) is 0 Å². The highest BCUT2D eigenvalue weighted by Gasteiger charge is 2.22. The van der Waals surface area contributed by atoms with E-state index >= 15 is 0 Å². The van der Waals surface area contributed by atoms with Gasteiger partial charge >= 0.3 is 0 Å². The summed E-state index contributed by atoms with van der Waals surface area (Å²) < 4.78 is 4.86. The van der Waals surface area contributed by atoms with E-state index in [-0.39, 0.29) is 0 Å². The molecule has 0 fully saturated rings. The Hall–Kier alpha value is -5.08. The number of hydrogen-bond acceptors (Lipinski definition) is 0. The van der Waals surface area contributed by atoms with Crippen molar-refractivity contribution in [1.82, 2.24) is 9.13 Å². The van der Waals surface area contributed by atoms with Gasteiger partial charge in [-0.15, -0.1) is 0 Å². The van der Waals surface area contributed by atoms with Crippen molar-refractivity contribution in [3.8, 4) is 11.4 Å². The van der Waals surface area contributed by atoms with Crippen LogP contribution in [0.15, 0.2) is 133 Å². The van der Waals surface area contributed by atoms with Crippen molar-refractivity contribution in [2.24, 2.45) is 0 Å². The summed E-state index contributed by atoms with van der Waals surface area (Å²) in [5, 5.41) is 10.5. The van der Waals surface area contributed by atoms with Crippen LogP contribution in [0.5, 0.6) is 0 Å². The number of para-hydroxylation sites is 2. The quantitative estimate of drug-likeness (QED) is 0.232. The molecule has 2 heterocycles. The van der Waals surface area contributed by atoms with Crippen molar-refractivity contribution in [3.63, 3.8) is 0 Å². The summed E-state index contributed by atoms with van der Waals surface area (Å²) in [5.41, 5.74) is 7.34. The van der Waals surface area contributed by atoms with E-state index in [1.165, 1.54) is 76.5 Å². The molecule has 0 aliphatic carbocycles. The Labute approximate surface area is 218 Å². The molecule has 0 amide bonds. The van der Waals surface area contributed by atoms with Crippen LogP contribution in [-0.4, -0.2) is 9.13 Å². The molecule has 0 aliphatic rings. The third-order valence-electron chi connectivity index (χ3n) is 8.24. The van der Waals surface area contributed by atoms with Crippen molar-refractivity contribution in [2.75, 3.05) is 0 Å². The van der Waals surface area contributed by atoms with E-state index in [1.54, 1.807) is 0 Å². The van der Waals surface area contributed by atoms with Gasteiger partial charge in [0.05, 0.1) is 22.1 Å². The molecule has 0 saturated heterocycles. The predicted molar refractivity (Wildman–Crippen MR) is 161 cm³/mol. The molecule has 0 bridgehead atoms. The minimum absolute atomic E-state index is 1.19. The van der Waals surface area contributed by atoms with Gasteiger partial charge in [-0.3, -0.25) is 0 Å². The maximum absolute atomic E-state index is 2.43. The van der Waals surface area contributed by atoms with Gasteiger partial charge in [-0.1, -0.05) is 84.9 Å². The van der Waals surface area contributed by atoms with Gasteiger partial charge in [0, 0.05) is 32.9 Å². The van der Waals surface area contributed by atoms with E-state index in [2.05, 4.69) is 143 Å². The first-order valence-corrected chi connectivity index (χ1v) is 13.1. The van der Waals surface area contributed by atoms with Crippen LogP contribution in [0, 0.1) is 0 Å². The van der Waals surface area contributed by atoms with Crippen LogP contribution >= 0.6 is 0 Å². The number of rotatable bonds is 2. The summed E-state index contributed by atoms with van der Waals surface area (Å²) in [5.74, 6) is 0. The molecule has 7 aromatic carbocycles. The average Bonchev–Trinajstić information content (AvgIpc) is 3.50. The molecule has 9 rings (SSSR count). The lowest BCUT2D eigenvalue weighted by Gasteiger charge is -2.08. The van der Waals surface area contributed by atoms with E-state index in [9.17, 15) is 0 Å². The first-order valence-electron chi connectivity index (χ1n) is 13.1. The maximum atomic E-state index is 2.43. The second-order valence-electron chi connectivity index (χ2n) is 10.1. The zero-order valence-electron chi connectivity index (χ0n) is 20.6. The molecule has 0 radical (unpaired) electrons. The van der Waals surface area contributed by atoms with Crippen LogP contribution < -0.4 is 0 Å². The Kier molecular flexibility index (Phi) is 3.82. The summed E-state index contributed by atoms with van der Waals surface area (Å²) >= 11 is 0. The molecule has 0 spiro atoms. The molecule has 2 aromatic heterocycles. The monoisotopic (exact) mass is 482 g/mol. The number of fused-ring (bicyclic) bond motifs is 2. The van der Waals surface area contributed by atoms with Crippen LogP contribution in [0.2, 0.25) is 0 Å². The fourth-order valence-electron chi connectivity index (χ4n) is 6.82. The first kappa shape index (κ1) is 20.0. The van der Waals surface area contributed by atoms with Crippen molar-refractivity contribution in [1.29, 1.82) is 0 Å². The van der Waals surface area contributed by atoms with Gasteiger partial charge in [-0.25, -0.2) is 0 Å². The average molecular weight is 483 g/mol. The minimum Gasteiger partial charge on any atom is -0.309 e. The fourth-order valence-corrected chi connectivity index (χ4v) is 6.82. The standard InChI is InChI=1S/C36H22N2/c1-3-11-23(12-4-1)37-29-19-7-15-25-27-17-9-21-31-35(27)36-28(26-16-8-20-30(37)34(26)33(25)29)18-10-22-32(36)38(31)24-13-5-2-6-14-24/h1-22H. The Morgan fingerprint density at radius 3 is 0.842 bits per heavy atom. The van der Waals surface area contributed by atoms with Crippen molar-refractivity contribution in [3.05, 3.63) is 133 Å². The predicted octanol–water partition coefficient (Wildman–Crippen LogP) is 9.62. The van der Waals surface area contributed by atoms with Crippen molar-refractivity contribution < 1.29 is 0 Å². The summed E-state index contributed by atoms with van der Waals surface area (Å²) in [6.07, 6.45) is 0. The summed E-state index contributed by atoms with van der Waals surface area (Å²) in [4.78, 5) is 0. The Morgan fingerprint density at radius 2 is 0.553 bits per heavy atom. The molecular formula is C36H22N2. The van der Waals surface area contributed by atoms with Crippen LogP contribution in [0.1, 0.15) is 0 Å². The number of aromatic nitrogens is 2. The lowest BCUT2D eigenvalue weighted by Crippen LogP contribution is -1.93. The highest BCUT2D eigenvalue weighted by Crippen LogP contribution is 2.46. The molecule has 0 unspecified atom stereocenters. The number of benzene rings is 6. The third kappa shape index (κ3) is 2.42. The molecule has 9 aromatic rings. The molecule has 176 valence electrons. The smallest absolute Gasteiger partial charge is 0.0547 e. The van der Waals surface area contributed by atoms with Crippen LogP contribution in [0.25, 0.3) is 76.5 Å². The second kappa shape index (κ2) is 7.24. The molecule has 38 heavy (non-hydrogen) atoms. The first-order chi connectivity index (χ1) is 18.9. The Balaban J connectivity index is 1.64. The molecule has 0 aliphatic heterocycles. The van der Waals surface area contributed by atoms with Crippen molar-refractivity contribution in [2.45, 2.75) is 0 Å². The van der Waals surface area contributed by atoms with E-state index in [0.717, 1.165) is 0 Å². The molecule has 2 heteroatoms. The highest BCUT2D eigenvalue weighted by molar-refractivity contribution is 6.37. The zero-order valence-corrected chi connectivity index (χ0v) is 20.6. The van der Waals surface area contributed by atoms with Gasteiger partial charge in [0.25, 0.3) is 0 Å². The SMILES string of the molecule is c1ccc(-n2c3cccc4c5cccc6c5c5c(cccc5n6-c5ccccc5)c5cccc2c5c43)cc1. The van der Waals surface area contributed by atoms with Crippen molar-refractivity contribution >= 4 is 65.2 Å². The van der Waals surface area contributed by atoms with E-state index in [0.29, 0.717) is 0 Å². The summed E-state index contributed by atoms with van der Waals surface area (Å²) in [6, 6.07) is 48.7. The fraction of sp³-hybridized carbons (Fsp3) is 0. The third-order valence-corrected chi connectivity index (χ3v) is 8.24. The lowest BCUT2D eigenvalue weighted by molar-refractivity contribution is 1.18. The summed E-state index contributed by atoms with van der Waals surface area (Å²) in [6.45, 7) is 0. The molecule has 0 N–H and O–H groups in total. The number of nitrogens with zero attached hydrogens (tertiary/aromatic N) is 2. The second-order valence-corrected chi connectivity index (χ2v) is 10.1. The molecule has 0 saturated carbocycles. The molecule has 2 nitrogen and oxygen atoms in total. The van der Waals surface area contributed by atoms with Gasteiger partial charge in [-0.05, 0) is 70.1 Å². The summed E-state index contributed by atoms with van der Waals surface area (Å²) in [7, 11) is 0. The minimum atomic E-state index is 1.19. The van der Waals surface area contributed by atoms with Gasteiger partial charge in [-0.2, -0.15) is 0 Å². The Morgan fingerprint density at radius 1 is 0.263 bits per heavy atom. The van der Waals surface area contributed by atoms with Gasteiger partial charge in [0.15, 0.2) is 0 Å². The lowest BCUT2D eigenvalue weighted by atomic mass is 9.95. The Bertz CT molecular complexity index is 2030. The topological polar surface area (TPSA) is 9.86 Å². The van der Waals surface area contributed by atoms with Crippen LogP contribution in [0.4, 0.5) is 0 Å². The van der Waals surface area contributed by atoms with Crippen LogP contribution in [-0.2, 0) is 0 Å². The van der Waals surface area contributed by atoms with Gasteiger partial charge in [0.1, 0.15) is 0 Å². The zero-order chi connectivity index (χ0) is 24.8. The molecule has 0 atom stereocenters. The number of hydrogen-bond donors (Lipinski definition) is 0. The van der Waals surface area contributed by atoms with E-state index < -0.39 is 0 Å².